The maximum Gasteiger partial charge on any atom is 0.191 e. The molecule has 2 aromatic carbocycles. The van der Waals surface area contributed by atoms with Crippen molar-refractivity contribution in [1.29, 1.82) is 0 Å². The molecule has 3 N–H and O–H groups in total. The van der Waals surface area contributed by atoms with Gasteiger partial charge in [-0.3, -0.25) is 10.1 Å². The van der Waals surface area contributed by atoms with E-state index < -0.39 is 0 Å². The molecule has 0 spiro atoms. The summed E-state index contributed by atoms with van der Waals surface area (Å²) in [6.07, 6.45) is 1.51. The van der Waals surface area contributed by atoms with E-state index in [0.717, 1.165) is 34.2 Å². The predicted octanol–water partition coefficient (Wildman–Crippen LogP) is 3.51. The normalized spacial score (nSPS) is 11.9. The van der Waals surface area contributed by atoms with Gasteiger partial charge in [-0.1, -0.05) is 36.4 Å². The van der Waals surface area contributed by atoms with Crippen LogP contribution in [-0.4, -0.2) is 33.8 Å². The number of hydrogen-bond donors (Lipinski definition) is 3. The van der Waals surface area contributed by atoms with Crippen LogP contribution < -0.4 is 15.4 Å². The molecule has 0 saturated carbocycles. The second-order valence-corrected chi connectivity index (χ2v) is 7.64. The minimum Gasteiger partial charge on any atom is -0.488 e. The number of benzene rings is 2. The van der Waals surface area contributed by atoms with Gasteiger partial charge in [0.1, 0.15) is 17.7 Å². The number of ether oxygens (including phenoxy) is 1. The fourth-order valence-corrected chi connectivity index (χ4v) is 2.84. The first-order chi connectivity index (χ1) is 13.9. The van der Waals surface area contributed by atoms with Gasteiger partial charge in [0.25, 0.3) is 0 Å². The first kappa shape index (κ1) is 20.4. The molecule has 0 radical (unpaired) electrons. The Kier molecular flexibility index (Phi) is 6.49. The van der Waals surface area contributed by atoms with E-state index in [-0.39, 0.29) is 5.60 Å². The van der Waals surface area contributed by atoms with Crippen molar-refractivity contribution < 1.29 is 4.74 Å². The van der Waals surface area contributed by atoms with Gasteiger partial charge in [0.2, 0.25) is 0 Å². The summed E-state index contributed by atoms with van der Waals surface area (Å²) in [6.45, 7) is 7.39. The zero-order chi connectivity index (χ0) is 20.7. The molecule has 0 saturated heterocycles. The van der Waals surface area contributed by atoms with E-state index in [1.165, 1.54) is 6.33 Å². The lowest BCUT2D eigenvalue weighted by molar-refractivity contribution is 0.129. The topological polar surface area (TPSA) is 87.2 Å². The van der Waals surface area contributed by atoms with E-state index in [9.17, 15) is 0 Å². The molecule has 152 valence electrons. The molecular formula is C22H28N6O. The summed E-state index contributed by atoms with van der Waals surface area (Å²) in [4.78, 5) is 8.52. The van der Waals surface area contributed by atoms with Crippen molar-refractivity contribution in [2.75, 3.05) is 7.05 Å². The maximum absolute atomic E-state index is 6.06. The van der Waals surface area contributed by atoms with Crippen LogP contribution in [0.5, 0.6) is 5.75 Å². The van der Waals surface area contributed by atoms with Crippen molar-refractivity contribution in [3.05, 3.63) is 66.0 Å². The highest BCUT2D eigenvalue weighted by Crippen LogP contribution is 2.22. The number of hydrogen-bond acceptors (Lipinski definition) is 4. The lowest BCUT2D eigenvalue weighted by atomic mass is 10.1. The number of aromatic amines is 1. The quantitative estimate of drug-likeness (QED) is 0.441. The van der Waals surface area contributed by atoms with Gasteiger partial charge in [0.15, 0.2) is 11.8 Å². The highest BCUT2D eigenvalue weighted by atomic mass is 16.5. The van der Waals surface area contributed by atoms with Crippen LogP contribution >= 0.6 is 0 Å². The van der Waals surface area contributed by atoms with Crippen molar-refractivity contribution in [3.8, 4) is 17.1 Å². The summed E-state index contributed by atoms with van der Waals surface area (Å²) in [6, 6.07) is 16.2. The molecule has 29 heavy (non-hydrogen) atoms. The molecule has 3 rings (SSSR count). The molecule has 0 aliphatic carbocycles. The summed E-state index contributed by atoms with van der Waals surface area (Å²) in [5.41, 5.74) is 2.96. The van der Waals surface area contributed by atoms with Crippen LogP contribution in [0.2, 0.25) is 0 Å². The number of guanidine groups is 1. The molecule has 7 nitrogen and oxygen atoms in total. The third kappa shape index (κ3) is 6.07. The Morgan fingerprint density at radius 1 is 1.07 bits per heavy atom. The second kappa shape index (κ2) is 9.23. The smallest absolute Gasteiger partial charge is 0.191 e. The predicted molar refractivity (Wildman–Crippen MR) is 116 cm³/mol. The van der Waals surface area contributed by atoms with Gasteiger partial charge in [-0.2, -0.15) is 5.10 Å². The average molecular weight is 393 g/mol. The number of aliphatic imine (C=N–C) groups is 1. The van der Waals surface area contributed by atoms with Crippen LogP contribution in [0.25, 0.3) is 11.4 Å². The summed E-state index contributed by atoms with van der Waals surface area (Å²) in [5.74, 6) is 2.35. The fourth-order valence-electron chi connectivity index (χ4n) is 2.84. The maximum atomic E-state index is 6.06. The van der Waals surface area contributed by atoms with Gasteiger partial charge in [-0.25, -0.2) is 4.98 Å². The number of para-hydroxylation sites is 1. The summed E-state index contributed by atoms with van der Waals surface area (Å²) in [5, 5.41) is 13.5. The van der Waals surface area contributed by atoms with Crippen LogP contribution in [0.15, 0.2) is 59.9 Å². The SMILES string of the molecule is CN=C(NCc1cccc(-c2ncn[nH]2)c1)NCc1ccccc1OC(C)(C)C. The highest BCUT2D eigenvalue weighted by molar-refractivity contribution is 5.79. The Bertz CT molecular complexity index is 944. The molecule has 0 fully saturated rings. The lowest BCUT2D eigenvalue weighted by Gasteiger charge is -2.23. The number of nitrogens with zero attached hydrogens (tertiary/aromatic N) is 3. The fraction of sp³-hybridized carbons (Fsp3) is 0.318. The first-order valence-electron chi connectivity index (χ1n) is 9.61. The Morgan fingerprint density at radius 3 is 2.59 bits per heavy atom. The van der Waals surface area contributed by atoms with Crippen LogP contribution in [-0.2, 0) is 13.1 Å². The highest BCUT2D eigenvalue weighted by Gasteiger charge is 2.14. The average Bonchev–Trinajstić information content (AvgIpc) is 3.23. The zero-order valence-corrected chi connectivity index (χ0v) is 17.4. The molecular weight excluding hydrogens is 364 g/mol. The Balaban J connectivity index is 1.59. The molecule has 0 amide bonds. The van der Waals surface area contributed by atoms with Gasteiger partial charge in [-0.15, -0.1) is 0 Å². The lowest BCUT2D eigenvalue weighted by Crippen LogP contribution is -2.36. The van der Waals surface area contributed by atoms with Crippen molar-refractivity contribution in [1.82, 2.24) is 25.8 Å². The van der Waals surface area contributed by atoms with Crippen molar-refractivity contribution in [2.24, 2.45) is 4.99 Å². The van der Waals surface area contributed by atoms with Crippen LogP contribution in [0.3, 0.4) is 0 Å². The molecule has 7 heteroatoms. The zero-order valence-electron chi connectivity index (χ0n) is 17.4. The monoisotopic (exact) mass is 392 g/mol. The van der Waals surface area contributed by atoms with Crippen LogP contribution in [0.1, 0.15) is 31.9 Å². The van der Waals surface area contributed by atoms with Gasteiger partial charge >= 0.3 is 0 Å². The summed E-state index contributed by atoms with van der Waals surface area (Å²) < 4.78 is 6.06. The minimum atomic E-state index is -0.245. The van der Waals surface area contributed by atoms with E-state index >= 15 is 0 Å². The Morgan fingerprint density at radius 2 is 1.86 bits per heavy atom. The minimum absolute atomic E-state index is 0.245. The van der Waals surface area contributed by atoms with E-state index in [1.54, 1.807) is 7.05 Å². The molecule has 3 aromatic rings. The first-order valence-corrected chi connectivity index (χ1v) is 9.61. The van der Waals surface area contributed by atoms with E-state index in [1.807, 2.05) is 51.1 Å². The van der Waals surface area contributed by atoms with Crippen molar-refractivity contribution >= 4 is 5.96 Å². The number of nitrogens with one attached hydrogen (secondary N) is 3. The third-order valence-corrected chi connectivity index (χ3v) is 4.13. The van der Waals surface area contributed by atoms with Crippen LogP contribution in [0, 0.1) is 0 Å². The summed E-state index contributed by atoms with van der Waals surface area (Å²) >= 11 is 0. The van der Waals surface area contributed by atoms with E-state index in [4.69, 9.17) is 4.74 Å². The Hall–Kier alpha value is -3.35. The Labute approximate surface area is 171 Å². The second-order valence-electron chi connectivity index (χ2n) is 7.64. The number of aromatic nitrogens is 3. The molecule has 0 atom stereocenters. The molecule has 0 bridgehead atoms. The van der Waals surface area contributed by atoms with E-state index in [2.05, 4.69) is 49.0 Å². The molecule has 0 aliphatic heterocycles. The standard InChI is InChI=1S/C22H28N6O/c1-22(2,3)29-19-11-6-5-9-18(19)14-25-21(23-4)24-13-16-8-7-10-17(12-16)20-26-15-27-28-20/h5-12,15H,13-14H2,1-4H3,(H2,23,24,25)(H,26,27,28). The number of rotatable bonds is 6. The van der Waals surface area contributed by atoms with E-state index in [0.29, 0.717) is 13.1 Å². The van der Waals surface area contributed by atoms with Crippen molar-refractivity contribution in [2.45, 2.75) is 39.5 Å². The molecule has 1 heterocycles. The van der Waals surface area contributed by atoms with Gasteiger partial charge in [0, 0.05) is 31.3 Å². The molecule has 0 unspecified atom stereocenters. The number of H-pyrrole nitrogens is 1. The molecule has 1 aromatic heterocycles. The van der Waals surface area contributed by atoms with Crippen molar-refractivity contribution in [3.63, 3.8) is 0 Å². The van der Waals surface area contributed by atoms with Gasteiger partial charge < -0.3 is 15.4 Å². The largest absolute Gasteiger partial charge is 0.488 e. The molecule has 0 aliphatic rings. The van der Waals surface area contributed by atoms with Gasteiger partial charge in [0.05, 0.1) is 0 Å². The van der Waals surface area contributed by atoms with Gasteiger partial charge in [-0.05, 0) is 38.5 Å². The van der Waals surface area contributed by atoms with Crippen LogP contribution in [0.4, 0.5) is 0 Å². The summed E-state index contributed by atoms with van der Waals surface area (Å²) in [7, 11) is 1.76. The third-order valence-electron chi connectivity index (χ3n) is 4.13.